The number of hydrogen-bond acceptors (Lipinski definition) is 6. The number of phenolic OH excluding ortho intramolecular Hbond substituents is 1. The molecule has 0 saturated carbocycles. The number of hydrogen-bond donors (Lipinski definition) is 2. The molecule has 2 aromatic rings. The lowest BCUT2D eigenvalue weighted by Crippen LogP contribution is -2.23. The van der Waals surface area contributed by atoms with Crippen LogP contribution in [0.25, 0.3) is 11.1 Å². The van der Waals surface area contributed by atoms with Gasteiger partial charge in [-0.15, -0.1) is 5.10 Å². The molecule has 0 aliphatic carbocycles. The molecule has 0 radical (unpaired) electrons. The second-order valence-corrected chi connectivity index (χ2v) is 4.82. The van der Waals surface area contributed by atoms with E-state index in [1.165, 1.54) is 19.2 Å². The summed E-state index contributed by atoms with van der Waals surface area (Å²) in [5, 5.41) is 22.8. The number of benzene rings is 1. The predicted molar refractivity (Wildman–Crippen MR) is 84.9 cm³/mol. The molecule has 0 atom stereocenters. The van der Waals surface area contributed by atoms with E-state index in [4.69, 9.17) is 4.74 Å². The molecule has 0 aliphatic rings. The number of nitrogens with zero attached hydrogens (tertiary/aromatic N) is 2. The first-order valence-corrected chi connectivity index (χ1v) is 7.02. The van der Waals surface area contributed by atoms with E-state index in [0.29, 0.717) is 12.0 Å². The molecule has 1 aromatic heterocycles. The molecule has 7 nitrogen and oxygen atoms in total. The van der Waals surface area contributed by atoms with Crippen molar-refractivity contribution in [1.82, 2.24) is 9.78 Å². The van der Waals surface area contributed by atoms with Crippen LogP contribution < -0.4 is 15.2 Å². The van der Waals surface area contributed by atoms with Gasteiger partial charge in [0.1, 0.15) is 17.9 Å². The van der Waals surface area contributed by atoms with Crippen LogP contribution in [0.2, 0.25) is 0 Å². The van der Waals surface area contributed by atoms with Gasteiger partial charge in [-0.25, -0.2) is 9.94 Å². The second kappa shape index (κ2) is 6.97. The van der Waals surface area contributed by atoms with Crippen LogP contribution in [0.15, 0.2) is 35.6 Å². The van der Waals surface area contributed by atoms with Crippen LogP contribution in [-0.2, 0) is 13.5 Å². The fraction of sp³-hybridized carbons (Fsp3) is 0.250. The maximum Gasteiger partial charge on any atom is 0.279 e. The summed E-state index contributed by atoms with van der Waals surface area (Å²) in [5.74, 6) is -0.110. The van der Waals surface area contributed by atoms with E-state index in [-0.39, 0.29) is 29.5 Å². The Labute approximate surface area is 133 Å². The summed E-state index contributed by atoms with van der Waals surface area (Å²) in [6.45, 7) is 5.56. The summed E-state index contributed by atoms with van der Waals surface area (Å²) in [6.07, 6.45) is 2.08. The van der Waals surface area contributed by atoms with Crippen LogP contribution in [-0.4, -0.2) is 26.8 Å². The van der Waals surface area contributed by atoms with Gasteiger partial charge in [-0.3, -0.25) is 4.79 Å². The zero-order chi connectivity index (χ0) is 17.0. The van der Waals surface area contributed by atoms with Crippen LogP contribution >= 0.6 is 0 Å². The van der Waals surface area contributed by atoms with Crippen molar-refractivity contribution in [3.05, 3.63) is 46.8 Å². The summed E-state index contributed by atoms with van der Waals surface area (Å²) in [5.41, 5.74) is 0.906. The first-order chi connectivity index (χ1) is 11.0. The summed E-state index contributed by atoms with van der Waals surface area (Å²) in [7, 11) is 1.47. The molecule has 0 amide bonds. The molecular formula is C16H18N2O5. The quantitative estimate of drug-likeness (QED) is 0.481. The SMILES string of the molecule is C=CCOc1nn(C)c(=O)c(-c2ccc(O)cc2CC)c1OO. The largest absolute Gasteiger partial charge is 0.508 e. The zero-order valence-corrected chi connectivity index (χ0v) is 12.9. The van der Waals surface area contributed by atoms with Gasteiger partial charge in [0.25, 0.3) is 11.4 Å². The summed E-state index contributed by atoms with van der Waals surface area (Å²) in [4.78, 5) is 16.9. The summed E-state index contributed by atoms with van der Waals surface area (Å²) in [6, 6.07) is 4.60. The third-order valence-electron chi connectivity index (χ3n) is 3.34. The number of aryl methyl sites for hydroxylation is 2. The highest BCUT2D eigenvalue weighted by molar-refractivity contribution is 5.75. The van der Waals surface area contributed by atoms with Gasteiger partial charge in [0.15, 0.2) is 0 Å². The fourth-order valence-electron chi connectivity index (χ4n) is 2.26. The molecule has 23 heavy (non-hydrogen) atoms. The standard InChI is InChI=1S/C16H18N2O5/c1-4-8-22-15-14(23-21)13(16(20)18(3)17-15)12-7-6-11(19)9-10(12)5-2/h4,6-7,9,19,21H,1,5,8H2,2-3H3. The average Bonchev–Trinajstić information content (AvgIpc) is 2.55. The van der Waals surface area contributed by atoms with E-state index in [2.05, 4.69) is 16.6 Å². The molecule has 0 spiro atoms. The molecule has 1 aromatic carbocycles. The van der Waals surface area contributed by atoms with E-state index in [9.17, 15) is 15.2 Å². The Hall–Kier alpha value is -2.80. The molecule has 1 heterocycles. The molecule has 122 valence electrons. The Balaban J connectivity index is 2.77. The van der Waals surface area contributed by atoms with Gasteiger partial charge in [0.05, 0.1) is 0 Å². The van der Waals surface area contributed by atoms with Crippen molar-refractivity contribution in [2.24, 2.45) is 7.05 Å². The van der Waals surface area contributed by atoms with Gasteiger partial charge < -0.3 is 14.7 Å². The first-order valence-electron chi connectivity index (χ1n) is 7.02. The Morgan fingerprint density at radius 3 is 2.78 bits per heavy atom. The Morgan fingerprint density at radius 2 is 2.17 bits per heavy atom. The monoisotopic (exact) mass is 318 g/mol. The molecule has 2 N–H and O–H groups in total. The van der Waals surface area contributed by atoms with Crippen molar-refractivity contribution in [3.63, 3.8) is 0 Å². The number of phenols is 1. The predicted octanol–water partition coefficient (Wildman–Crippen LogP) is 2.13. The smallest absolute Gasteiger partial charge is 0.279 e. The number of aromatic nitrogens is 2. The van der Waals surface area contributed by atoms with Crippen molar-refractivity contribution in [2.75, 3.05) is 6.61 Å². The van der Waals surface area contributed by atoms with E-state index in [1.54, 1.807) is 12.1 Å². The van der Waals surface area contributed by atoms with Gasteiger partial charge in [-0.1, -0.05) is 25.6 Å². The summed E-state index contributed by atoms with van der Waals surface area (Å²) < 4.78 is 6.45. The molecule has 0 fully saturated rings. The number of ether oxygens (including phenoxy) is 1. The lowest BCUT2D eigenvalue weighted by atomic mass is 9.98. The maximum absolute atomic E-state index is 12.5. The van der Waals surface area contributed by atoms with Crippen molar-refractivity contribution in [2.45, 2.75) is 13.3 Å². The molecule has 0 bridgehead atoms. The molecule has 0 unspecified atom stereocenters. The lowest BCUT2D eigenvalue weighted by Gasteiger charge is -2.14. The zero-order valence-electron chi connectivity index (χ0n) is 12.9. The van der Waals surface area contributed by atoms with Crippen LogP contribution in [0.1, 0.15) is 12.5 Å². The average molecular weight is 318 g/mol. The van der Waals surface area contributed by atoms with Gasteiger partial charge in [-0.05, 0) is 29.7 Å². The number of aromatic hydroxyl groups is 1. The van der Waals surface area contributed by atoms with E-state index >= 15 is 0 Å². The van der Waals surface area contributed by atoms with Crippen LogP contribution in [0, 0.1) is 0 Å². The minimum absolute atomic E-state index is 0.0281. The van der Waals surface area contributed by atoms with Gasteiger partial charge in [-0.2, -0.15) is 0 Å². The van der Waals surface area contributed by atoms with Crippen molar-refractivity contribution >= 4 is 0 Å². The number of rotatable bonds is 6. The lowest BCUT2D eigenvalue weighted by molar-refractivity contribution is -0.139. The normalized spacial score (nSPS) is 10.4. The highest BCUT2D eigenvalue weighted by Gasteiger charge is 2.23. The van der Waals surface area contributed by atoms with Crippen LogP contribution in [0.4, 0.5) is 0 Å². The van der Waals surface area contributed by atoms with Crippen molar-refractivity contribution in [3.8, 4) is 28.5 Å². The van der Waals surface area contributed by atoms with Crippen molar-refractivity contribution < 1.29 is 20.0 Å². The maximum atomic E-state index is 12.5. The molecule has 2 rings (SSSR count). The highest BCUT2D eigenvalue weighted by atomic mass is 17.1. The molecular weight excluding hydrogens is 300 g/mol. The van der Waals surface area contributed by atoms with E-state index in [0.717, 1.165) is 10.2 Å². The minimum Gasteiger partial charge on any atom is -0.508 e. The third kappa shape index (κ3) is 3.19. The summed E-state index contributed by atoms with van der Waals surface area (Å²) >= 11 is 0. The van der Waals surface area contributed by atoms with Gasteiger partial charge in [0.2, 0.25) is 5.75 Å². The minimum atomic E-state index is -0.458. The fourth-order valence-corrected chi connectivity index (χ4v) is 2.26. The molecule has 0 saturated heterocycles. The first kappa shape index (κ1) is 16.6. The van der Waals surface area contributed by atoms with Crippen molar-refractivity contribution in [1.29, 1.82) is 0 Å². The third-order valence-corrected chi connectivity index (χ3v) is 3.34. The Bertz CT molecular complexity index is 783. The Kier molecular flexibility index (Phi) is 5.02. The van der Waals surface area contributed by atoms with Crippen LogP contribution in [0.3, 0.4) is 0 Å². The second-order valence-electron chi connectivity index (χ2n) is 4.82. The van der Waals surface area contributed by atoms with E-state index < -0.39 is 5.56 Å². The van der Waals surface area contributed by atoms with Gasteiger partial charge in [0, 0.05) is 7.05 Å². The Morgan fingerprint density at radius 1 is 1.43 bits per heavy atom. The topological polar surface area (TPSA) is 93.8 Å². The molecule has 7 heteroatoms. The van der Waals surface area contributed by atoms with Gasteiger partial charge >= 0.3 is 0 Å². The molecule has 0 aliphatic heterocycles. The highest BCUT2D eigenvalue weighted by Crippen LogP contribution is 2.36. The van der Waals surface area contributed by atoms with E-state index in [1.807, 2.05) is 6.92 Å². The van der Waals surface area contributed by atoms with Crippen LogP contribution in [0.5, 0.6) is 17.4 Å².